The fourth-order valence-corrected chi connectivity index (χ4v) is 1.28. The molecule has 0 atom stereocenters. The van der Waals surface area contributed by atoms with E-state index in [9.17, 15) is 9.59 Å². The maximum absolute atomic E-state index is 11.1. The molecule has 0 aromatic carbocycles. The molecule has 1 saturated heterocycles. The molecule has 1 aliphatic rings. The van der Waals surface area contributed by atoms with Crippen LogP contribution in [-0.4, -0.2) is 42.9 Å². The van der Waals surface area contributed by atoms with Gasteiger partial charge in [0.25, 0.3) is 5.91 Å². The molecule has 14 heavy (non-hydrogen) atoms. The summed E-state index contributed by atoms with van der Waals surface area (Å²) in [5, 5.41) is 0. The molecule has 4 nitrogen and oxygen atoms in total. The SMILES string of the molecule is C=CCCOCCN1CCC(=O)C1=O. The number of hydrogen-bond acceptors (Lipinski definition) is 3. The summed E-state index contributed by atoms with van der Waals surface area (Å²) < 4.78 is 5.24. The average Bonchev–Trinajstić information content (AvgIpc) is 2.49. The number of ether oxygens (including phenoxy) is 1. The van der Waals surface area contributed by atoms with Crippen LogP contribution in [-0.2, 0) is 14.3 Å². The van der Waals surface area contributed by atoms with Gasteiger partial charge in [-0.05, 0) is 6.42 Å². The topological polar surface area (TPSA) is 46.6 Å². The highest BCUT2D eigenvalue weighted by Gasteiger charge is 2.28. The van der Waals surface area contributed by atoms with E-state index in [4.69, 9.17) is 4.74 Å². The molecule has 1 fully saturated rings. The van der Waals surface area contributed by atoms with Gasteiger partial charge in [0.2, 0.25) is 5.78 Å². The number of carbonyl (C=O) groups excluding carboxylic acids is 2. The highest BCUT2D eigenvalue weighted by molar-refractivity contribution is 6.37. The highest BCUT2D eigenvalue weighted by atomic mass is 16.5. The van der Waals surface area contributed by atoms with Gasteiger partial charge in [-0.2, -0.15) is 0 Å². The van der Waals surface area contributed by atoms with E-state index >= 15 is 0 Å². The van der Waals surface area contributed by atoms with E-state index in [0.29, 0.717) is 32.7 Å². The van der Waals surface area contributed by atoms with Gasteiger partial charge in [-0.15, -0.1) is 6.58 Å². The quantitative estimate of drug-likeness (QED) is 0.351. The van der Waals surface area contributed by atoms with Crippen molar-refractivity contribution in [1.29, 1.82) is 0 Å². The molecule has 1 amide bonds. The van der Waals surface area contributed by atoms with Gasteiger partial charge < -0.3 is 9.64 Å². The smallest absolute Gasteiger partial charge is 0.290 e. The Hall–Kier alpha value is -1.16. The highest BCUT2D eigenvalue weighted by Crippen LogP contribution is 2.05. The third-order valence-electron chi connectivity index (χ3n) is 2.11. The van der Waals surface area contributed by atoms with Gasteiger partial charge in [-0.3, -0.25) is 9.59 Å². The Morgan fingerprint density at radius 2 is 2.21 bits per heavy atom. The van der Waals surface area contributed by atoms with Crippen LogP contribution in [0, 0.1) is 0 Å². The molecule has 0 unspecified atom stereocenters. The van der Waals surface area contributed by atoms with Crippen molar-refractivity contribution < 1.29 is 14.3 Å². The van der Waals surface area contributed by atoms with E-state index < -0.39 is 0 Å². The number of hydrogen-bond donors (Lipinski definition) is 0. The Bertz CT molecular complexity index is 238. The zero-order valence-electron chi connectivity index (χ0n) is 8.20. The predicted molar refractivity (Wildman–Crippen MR) is 51.8 cm³/mol. The molecule has 0 aromatic heterocycles. The van der Waals surface area contributed by atoms with E-state index in [1.807, 2.05) is 0 Å². The minimum Gasteiger partial charge on any atom is -0.379 e. The summed E-state index contributed by atoms with van der Waals surface area (Å²) in [5.74, 6) is -0.645. The zero-order valence-corrected chi connectivity index (χ0v) is 8.20. The first-order valence-corrected chi connectivity index (χ1v) is 4.76. The molecular formula is C10H15NO3. The van der Waals surface area contributed by atoms with Crippen molar-refractivity contribution in [2.45, 2.75) is 12.8 Å². The number of nitrogens with zero attached hydrogens (tertiary/aromatic N) is 1. The van der Waals surface area contributed by atoms with Crippen molar-refractivity contribution in [3.63, 3.8) is 0 Å². The molecule has 0 bridgehead atoms. The number of rotatable bonds is 6. The first-order valence-electron chi connectivity index (χ1n) is 4.76. The van der Waals surface area contributed by atoms with Crippen LogP contribution in [0.25, 0.3) is 0 Å². The van der Waals surface area contributed by atoms with Crippen LogP contribution < -0.4 is 0 Å². The van der Waals surface area contributed by atoms with Crippen molar-refractivity contribution in [1.82, 2.24) is 4.90 Å². The van der Waals surface area contributed by atoms with E-state index in [1.54, 1.807) is 6.08 Å². The van der Waals surface area contributed by atoms with Gasteiger partial charge in [-0.25, -0.2) is 0 Å². The van der Waals surface area contributed by atoms with E-state index in [0.717, 1.165) is 6.42 Å². The standard InChI is InChI=1S/C10H15NO3/c1-2-3-7-14-8-6-11-5-4-9(12)10(11)13/h2H,1,3-8H2. The van der Waals surface area contributed by atoms with Crippen molar-refractivity contribution in [2.24, 2.45) is 0 Å². The number of amides is 1. The molecule has 78 valence electrons. The maximum Gasteiger partial charge on any atom is 0.290 e. The van der Waals surface area contributed by atoms with Gasteiger partial charge in [0, 0.05) is 19.5 Å². The first-order chi connectivity index (χ1) is 6.75. The van der Waals surface area contributed by atoms with Crippen LogP contribution >= 0.6 is 0 Å². The number of likely N-dealkylation sites (tertiary alicyclic amines) is 1. The predicted octanol–water partition coefficient (Wildman–Crippen LogP) is 0.381. The second kappa shape index (κ2) is 5.54. The number of carbonyl (C=O) groups is 2. The van der Waals surface area contributed by atoms with E-state index in [2.05, 4.69) is 6.58 Å². The van der Waals surface area contributed by atoms with Crippen LogP contribution in [0.3, 0.4) is 0 Å². The Morgan fingerprint density at radius 3 is 2.79 bits per heavy atom. The summed E-state index contributed by atoms with van der Waals surface area (Å²) in [6.45, 7) is 5.75. The van der Waals surface area contributed by atoms with Crippen molar-refractivity contribution in [2.75, 3.05) is 26.3 Å². The first kappa shape index (κ1) is 10.9. The minimum atomic E-state index is -0.364. The third kappa shape index (κ3) is 2.96. The second-order valence-electron chi connectivity index (χ2n) is 3.16. The molecule has 0 saturated carbocycles. The van der Waals surface area contributed by atoms with Crippen LogP contribution in [0.4, 0.5) is 0 Å². The van der Waals surface area contributed by atoms with Crippen molar-refractivity contribution in [3.8, 4) is 0 Å². The lowest BCUT2D eigenvalue weighted by molar-refractivity contribution is -0.140. The summed E-state index contributed by atoms with van der Waals surface area (Å²) in [6, 6.07) is 0. The lowest BCUT2D eigenvalue weighted by Crippen LogP contribution is -2.30. The normalized spacial score (nSPS) is 16.4. The van der Waals surface area contributed by atoms with E-state index in [-0.39, 0.29) is 11.7 Å². The molecule has 1 rings (SSSR count). The lowest BCUT2D eigenvalue weighted by atomic mass is 10.3. The molecule has 0 spiro atoms. The molecule has 0 aliphatic carbocycles. The van der Waals surface area contributed by atoms with Gasteiger partial charge in [0.15, 0.2) is 0 Å². The minimum absolute atomic E-state index is 0.281. The summed E-state index contributed by atoms with van der Waals surface area (Å²) >= 11 is 0. The summed E-state index contributed by atoms with van der Waals surface area (Å²) in [4.78, 5) is 23.5. The van der Waals surface area contributed by atoms with E-state index in [1.165, 1.54) is 4.90 Å². The molecule has 0 radical (unpaired) electrons. The van der Waals surface area contributed by atoms with Crippen LogP contribution in [0.15, 0.2) is 12.7 Å². The fourth-order valence-electron chi connectivity index (χ4n) is 1.28. The van der Waals surface area contributed by atoms with Gasteiger partial charge >= 0.3 is 0 Å². The van der Waals surface area contributed by atoms with Gasteiger partial charge in [0.05, 0.1) is 13.2 Å². The molecule has 1 heterocycles. The summed E-state index contributed by atoms with van der Waals surface area (Å²) in [7, 11) is 0. The molecule has 4 heteroatoms. The van der Waals surface area contributed by atoms with Crippen LogP contribution in [0.2, 0.25) is 0 Å². The fraction of sp³-hybridized carbons (Fsp3) is 0.600. The Kier molecular flexibility index (Phi) is 4.32. The zero-order chi connectivity index (χ0) is 10.4. The maximum atomic E-state index is 11.1. The summed E-state index contributed by atoms with van der Waals surface area (Å²) in [6.07, 6.45) is 2.95. The van der Waals surface area contributed by atoms with Crippen molar-refractivity contribution >= 4 is 11.7 Å². The number of ketones is 1. The van der Waals surface area contributed by atoms with Crippen molar-refractivity contribution in [3.05, 3.63) is 12.7 Å². The average molecular weight is 197 g/mol. The summed E-state index contributed by atoms with van der Waals surface area (Å²) in [5.41, 5.74) is 0. The Morgan fingerprint density at radius 1 is 1.43 bits per heavy atom. The Balaban J connectivity index is 2.10. The van der Waals surface area contributed by atoms with Crippen LogP contribution in [0.1, 0.15) is 12.8 Å². The Labute approximate surface area is 83.5 Å². The van der Waals surface area contributed by atoms with Gasteiger partial charge in [-0.1, -0.05) is 6.08 Å². The largest absolute Gasteiger partial charge is 0.379 e. The number of Topliss-reactive ketones (excluding diaryl/α,β-unsaturated/α-hetero) is 1. The monoisotopic (exact) mass is 197 g/mol. The lowest BCUT2D eigenvalue weighted by Gasteiger charge is -2.13. The third-order valence-corrected chi connectivity index (χ3v) is 2.11. The molecule has 1 aliphatic heterocycles. The second-order valence-corrected chi connectivity index (χ2v) is 3.16. The molecular weight excluding hydrogens is 182 g/mol. The van der Waals surface area contributed by atoms with Gasteiger partial charge in [0.1, 0.15) is 0 Å². The molecule has 0 aromatic rings. The van der Waals surface area contributed by atoms with Crippen LogP contribution in [0.5, 0.6) is 0 Å². The molecule has 0 N–H and O–H groups in total.